The summed E-state index contributed by atoms with van der Waals surface area (Å²) in [6.07, 6.45) is 0. The van der Waals surface area contributed by atoms with Gasteiger partial charge in [0.05, 0.1) is 22.9 Å². The average Bonchev–Trinajstić information content (AvgIpc) is 3.07. The fraction of sp³-hybridized carbons (Fsp3) is 0.364. The van der Waals surface area contributed by atoms with E-state index in [0.29, 0.717) is 26.2 Å². The van der Waals surface area contributed by atoms with Gasteiger partial charge in [0.15, 0.2) is 5.16 Å². The summed E-state index contributed by atoms with van der Waals surface area (Å²) in [6, 6.07) is 18.2. The van der Waals surface area contributed by atoms with Gasteiger partial charge in [-0.15, -0.1) is 0 Å². The van der Waals surface area contributed by atoms with Crippen molar-refractivity contribution in [2.75, 3.05) is 20.3 Å². The third-order valence-corrected chi connectivity index (χ3v) is 5.76. The minimum absolute atomic E-state index is 0.127. The normalized spacial score (nSPS) is 12.2. The molecule has 1 atom stereocenters. The smallest absolute Gasteiger partial charge is 0.236 e. The molecule has 0 saturated heterocycles. The minimum atomic E-state index is -0.221. The van der Waals surface area contributed by atoms with Crippen LogP contribution in [0.4, 0.5) is 0 Å². The van der Waals surface area contributed by atoms with Gasteiger partial charge in [-0.1, -0.05) is 54.2 Å². The lowest BCUT2D eigenvalue weighted by Crippen LogP contribution is -2.36. The van der Waals surface area contributed by atoms with Crippen LogP contribution in [0.1, 0.15) is 19.4 Å². The third-order valence-electron chi connectivity index (χ3n) is 4.68. The lowest BCUT2D eigenvalue weighted by molar-refractivity contribution is -0.130. The molecule has 5 nitrogen and oxygen atoms in total. The second kappa shape index (κ2) is 9.75. The number of imidazole rings is 1. The number of nitrogens with zero attached hydrogens (tertiary/aromatic N) is 3. The van der Waals surface area contributed by atoms with Crippen molar-refractivity contribution in [3.8, 4) is 0 Å². The predicted octanol–water partition coefficient (Wildman–Crippen LogP) is 4.21. The molecule has 0 fully saturated rings. The second-order valence-corrected chi connectivity index (χ2v) is 7.93. The van der Waals surface area contributed by atoms with E-state index in [2.05, 4.69) is 22.8 Å². The first-order valence-electron chi connectivity index (χ1n) is 9.57. The minimum Gasteiger partial charge on any atom is -0.383 e. The summed E-state index contributed by atoms with van der Waals surface area (Å²) in [5.74, 6) is 0.127. The molecule has 1 aromatic heterocycles. The van der Waals surface area contributed by atoms with E-state index in [9.17, 15) is 4.79 Å². The molecule has 1 unspecified atom stereocenters. The molecular weight excluding hydrogens is 370 g/mol. The predicted molar refractivity (Wildman–Crippen MR) is 114 cm³/mol. The van der Waals surface area contributed by atoms with E-state index < -0.39 is 0 Å². The average molecular weight is 398 g/mol. The number of ether oxygens (including phenoxy) is 1. The molecule has 0 saturated carbocycles. The number of rotatable bonds is 9. The van der Waals surface area contributed by atoms with Crippen LogP contribution in [-0.4, -0.2) is 45.9 Å². The molecule has 0 spiro atoms. The maximum Gasteiger partial charge on any atom is 0.236 e. The zero-order valence-electron chi connectivity index (χ0n) is 16.7. The molecule has 0 aliphatic heterocycles. The number of fused-ring (bicyclic) bond motifs is 1. The Labute approximate surface area is 170 Å². The Morgan fingerprint density at radius 3 is 2.61 bits per heavy atom. The molecule has 148 valence electrons. The number of aromatic nitrogens is 2. The van der Waals surface area contributed by atoms with Crippen LogP contribution >= 0.6 is 11.8 Å². The largest absolute Gasteiger partial charge is 0.383 e. The highest BCUT2D eigenvalue weighted by atomic mass is 32.2. The van der Waals surface area contributed by atoms with Crippen LogP contribution in [0.3, 0.4) is 0 Å². The SMILES string of the molecule is CCN(Cc1ccccc1)C(=O)C(C)Sc1nc2ccccc2n1CCOC. The van der Waals surface area contributed by atoms with E-state index in [1.807, 2.05) is 55.1 Å². The van der Waals surface area contributed by atoms with Gasteiger partial charge in [0.25, 0.3) is 0 Å². The summed E-state index contributed by atoms with van der Waals surface area (Å²) in [5, 5.41) is 0.636. The van der Waals surface area contributed by atoms with Gasteiger partial charge in [0.2, 0.25) is 5.91 Å². The van der Waals surface area contributed by atoms with Crippen LogP contribution in [0.5, 0.6) is 0 Å². The van der Waals surface area contributed by atoms with Crippen LogP contribution in [0.25, 0.3) is 11.0 Å². The monoisotopic (exact) mass is 397 g/mol. The molecule has 0 bridgehead atoms. The number of amides is 1. The van der Waals surface area contributed by atoms with Gasteiger partial charge in [-0.25, -0.2) is 4.98 Å². The number of para-hydroxylation sites is 2. The maximum absolute atomic E-state index is 13.1. The molecule has 0 aliphatic rings. The Hall–Kier alpha value is -2.31. The topological polar surface area (TPSA) is 47.4 Å². The first-order chi connectivity index (χ1) is 13.6. The maximum atomic E-state index is 13.1. The molecule has 6 heteroatoms. The fourth-order valence-electron chi connectivity index (χ4n) is 3.16. The van der Waals surface area contributed by atoms with Gasteiger partial charge >= 0.3 is 0 Å². The van der Waals surface area contributed by atoms with Crippen molar-refractivity contribution in [1.29, 1.82) is 0 Å². The highest BCUT2D eigenvalue weighted by Crippen LogP contribution is 2.28. The Bertz CT molecular complexity index is 911. The molecule has 28 heavy (non-hydrogen) atoms. The molecule has 0 N–H and O–H groups in total. The third kappa shape index (κ3) is 4.75. The summed E-state index contributed by atoms with van der Waals surface area (Å²) >= 11 is 1.51. The molecule has 3 aromatic rings. The number of hydrogen-bond donors (Lipinski definition) is 0. The van der Waals surface area contributed by atoms with Gasteiger partial charge < -0.3 is 14.2 Å². The molecule has 1 heterocycles. The molecular formula is C22H27N3O2S. The van der Waals surface area contributed by atoms with Crippen molar-refractivity contribution in [2.24, 2.45) is 0 Å². The number of carbonyl (C=O) groups is 1. The Morgan fingerprint density at radius 1 is 1.18 bits per heavy atom. The van der Waals surface area contributed by atoms with Crippen LogP contribution in [-0.2, 0) is 22.6 Å². The summed E-state index contributed by atoms with van der Waals surface area (Å²) in [6.45, 7) is 6.60. The zero-order valence-corrected chi connectivity index (χ0v) is 17.5. The highest BCUT2D eigenvalue weighted by Gasteiger charge is 2.23. The van der Waals surface area contributed by atoms with Crippen molar-refractivity contribution in [1.82, 2.24) is 14.5 Å². The number of thioether (sulfide) groups is 1. The highest BCUT2D eigenvalue weighted by molar-refractivity contribution is 8.00. The van der Waals surface area contributed by atoms with Gasteiger partial charge in [-0.3, -0.25) is 4.79 Å². The summed E-state index contributed by atoms with van der Waals surface area (Å²) in [5.41, 5.74) is 3.15. The van der Waals surface area contributed by atoms with E-state index in [-0.39, 0.29) is 11.2 Å². The second-order valence-electron chi connectivity index (χ2n) is 6.63. The van der Waals surface area contributed by atoms with E-state index in [1.54, 1.807) is 7.11 Å². The zero-order chi connectivity index (χ0) is 19.9. The van der Waals surface area contributed by atoms with Gasteiger partial charge in [-0.2, -0.15) is 0 Å². The van der Waals surface area contributed by atoms with Crippen LogP contribution < -0.4 is 0 Å². The van der Waals surface area contributed by atoms with E-state index in [4.69, 9.17) is 9.72 Å². The molecule has 0 aliphatic carbocycles. The fourth-order valence-corrected chi connectivity index (χ4v) is 4.19. The van der Waals surface area contributed by atoms with Crippen molar-refractivity contribution in [3.63, 3.8) is 0 Å². The van der Waals surface area contributed by atoms with Crippen molar-refractivity contribution >= 4 is 28.7 Å². The number of benzene rings is 2. The number of carbonyl (C=O) groups excluding carboxylic acids is 1. The molecule has 2 aromatic carbocycles. The van der Waals surface area contributed by atoms with Crippen LogP contribution in [0, 0.1) is 0 Å². The standard InChI is InChI=1S/C22H27N3O2S/c1-4-24(16-18-10-6-5-7-11-18)21(26)17(2)28-22-23-19-12-8-9-13-20(19)25(22)14-15-27-3/h5-13,17H,4,14-16H2,1-3H3. The van der Waals surface area contributed by atoms with Gasteiger partial charge in [0, 0.05) is 26.7 Å². The molecule has 0 radical (unpaired) electrons. The van der Waals surface area contributed by atoms with E-state index in [0.717, 1.165) is 21.8 Å². The number of methoxy groups -OCH3 is 1. The quantitative estimate of drug-likeness (QED) is 0.508. The Kier molecular flexibility index (Phi) is 7.12. The summed E-state index contributed by atoms with van der Waals surface area (Å²) in [4.78, 5) is 19.7. The lowest BCUT2D eigenvalue weighted by atomic mass is 10.2. The van der Waals surface area contributed by atoms with E-state index >= 15 is 0 Å². The molecule has 1 amide bonds. The first kappa shape index (κ1) is 20.4. The van der Waals surface area contributed by atoms with Gasteiger partial charge in [0.1, 0.15) is 0 Å². The van der Waals surface area contributed by atoms with Crippen LogP contribution in [0.15, 0.2) is 59.8 Å². The van der Waals surface area contributed by atoms with Crippen molar-refractivity contribution < 1.29 is 9.53 Å². The summed E-state index contributed by atoms with van der Waals surface area (Å²) < 4.78 is 7.40. The Morgan fingerprint density at radius 2 is 1.89 bits per heavy atom. The lowest BCUT2D eigenvalue weighted by Gasteiger charge is -2.24. The van der Waals surface area contributed by atoms with Gasteiger partial charge in [-0.05, 0) is 31.5 Å². The number of hydrogen-bond acceptors (Lipinski definition) is 4. The van der Waals surface area contributed by atoms with Crippen LogP contribution in [0.2, 0.25) is 0 Å². The summed E-state index contributed by atoms with van der Waals surface area (Å²) in [7, 11) is 1.70. The Balaban J connectivity index is 1.77. The first-order valence-corrected chi connectivity index (χ1v) is 10.5. The van der Waals surface area contributed by atoms with Crippen molar-refractivity contribution in [3.05, 3.63) is 60.2 Å². The molecule has 3 rings (SSSR count). The van der Waals surface area contributed by atoms with E-state index in [1.165, 1.54) is 11.8 Å². The van der Waals surface area contributed by atoms with Crippen molar-refractivity contribution in [2.45, 2.75) is 37.3 Å².